The van der Waals surface area contributed by atoms with Crippen molar-refractivity contribution in [3.63, 3.8) is 0 Å². The summed E-state index contributed by atoms with van der Waals surface area (Å²) >= 11 is 0. The first-order chi connectivity index (χ1) is 45.3. The molecule has 8 rings (SSSR count). The number of carbonyl (C=O) groups is 4. The van der Waals surface area contributed by atoms with Crippen LogP contribution in [0.5, 0.6) is 0 Å². The number of Topliss-reactive ketones (excluding diaryl/α,β-unsaturated/α-hetero) is 2. The monoisotopic (exact) mass is 1360 g/mol. The number of hydrogen-bond donors (Lipinski definition) is 8. The van der Waals surface area contributed by atoms with Crippen molar-refractivity contribution in [1.29, 1.82) is 0 Å². The van der Waals surface area contributed by atoms with E-state index in [2.05, 4.69) is 82.8 Å². The molecule has 0 spiro atoms. The van der Waals surface area contributed by atoms with Crippen LogP contribution in [0.2, 0.25) is 13.1 Å². The number of amides is 2. The lowest BCUT2D eigenvalue weighted by Crippen LogP contribution is -2.51. The number of allylic oxidation sites excluding steroid dienone is 6. The Morgan fingerprint density at radius 1 is 0.615 bits per heavy atom. The maximum atomic E-state index is 15.0. The first-order valence-corrected chi connectivity index (χ1v) is 38.1. The van der Waals surface area contributed by atoms with Gasteiger partial charge in [-0.05, 0) is 150 Å². The average Bonchev–Trinajstić information content (AvgIpc) is 0.726. The van der Waals surface area contributed by atoms with Crippen LogP contribution in [0.25, 0.3) is 27.1 Å². The minimum atomic E-state index is -4.98. The van der Waals surface area contributed by atoms with Crippen LogP contribution in [0.3, 0.4) is 0 Å². The summed E-state index contributed by atoms with van der Waals surface area (Å²) in [5.41, 5.74) is 8.23. The number of benzene rings is 6. The Balaban J connectivity index is 1.44. The highest BCUT2D eigenvalue weighted by molar-refractivity contribution is 7.86. The van der Waals surface area contributed by atoms with Crippen LogP contribution in [0, 0.1) is 0 Å². The molecule has 0 fully saturated rings. The molecular weight excluding hydrogens is 1270 g/mol. The van der Waals surface area contributed by atoms with E-state index in [9.17, 15) is 65.2 Å². The summed E-state index contributed by atoms with van der Waals surface area (Å²) in [5.74, 6) is -4.01. The van der Waals surface area contributed by atoms with Crippen LogP contribution >= 0.6 is 0 Å². The molecule has 6 aromatic rings. The van der Waals surface area contributed by atoms with Gasteiger partial charge in [-0.1, -0.05) is 124 Å². The smallest absolute Gasteiger partial charge is 0.423 e. The molecule has 0 saturated carbocycles. The molecule has 0 radical (unpaired) electrons. The Kier molecular flexibility index (Phi) is 24.4. The van der Waals surface area contributed by atoms with E-state index in [-0.39, 0.29) is 87.2 Å². The third kappa shape index (κ3) is 18.1. The summed E-state index contributed by atoms with van der Waals surface area (Å²) in [6.45, 7) is 14.3. The van der Waals surface area contributed by atoms with Gasteiger partial charge in [0.1, 0.15) is 28.2 Å². The van der Waals surface area contributed by atoms with Gasteiger partial charge in [0.2, 0.25) is 11.8 Å². The third-order valence-corrected chi connectivity index (χ3v) is 23.0. The molecule has 0 bridgehead atoms. The van der Waals surface area contributed by atoms with Gasteiger partial charge in [-0.15, -0.1) is 0 Å². The second-order valence-corrected chi connectivity index (χ2v) is 33.2. The minimum absolute atomic E-state index is 0.0376. The fourth-order valence-corrected chi connectivity index (χ4v) is 17.5. The van der Waals surface area contributed by atoms with E-state index in [0.717, 1.165) is 33.7 Å². The molecule has 20 nitrogen and oxygen atoms in total. The molecule has 25 heteroatoms. The Hall–Kier alpha value is -7.78. The van der Waals surface area contributed by atoms with Crippen LogP contribution in [-0.2, 0) is 65.6 Å². The summed E-state index contributed by atoms with van der Waals surface area (Å²) in [4.78, 5) is 60.0. The molecule has 1 heterocycles. The van der Waals surface area contributed by atoms with Crippen molar-refractivity contribution in [2.45, 2.75) is 104 Å². The maximum absolute atomic E-state index is 15.0. The SMILES string of the molecule is C=C(C)C(=O)CCCCCC(=O)C(CS(=O)(=O)O)N(Cc1ccccc1B(O)O)Cc1c2ccccc2c(CN(Cc2ccccc2B(O)O)C(CS(=O)(=O)O)C(=O)NCCCNC(=O)C(=C)C)c2cc(C3=C4C=CC(=[N+](C)C)C=C4[Si](C)(C)c4cc(N(C)C)ccc43)ccc12. The molecule has 2 aliphatic rings. The molecule has 0 aromatic heterocycles. The van der Waals surface area contributed by atoms with Gasteiger partial charge < -0.3 is 35.6 Å². The van der Waals surface area contributed by atoms with E-state index >= 15 is 0 Å². The van der Waals surface area contributed by atoms with Gasteiger partial charge in [0, 0.05) is 89.6 Å². The summed E-state index contributed by atoms with van der Waals surface area (Å²) in [6, 6.07) is 29.3. The van der Waals surface area contributed by atoms with Crippen LogP contribution in [-0.4, -0.2) is 177 Å². The predicted octanol–water partition coefficient (Wildman–Crippen LogP) is 5.28. The lowest BCUT2D eigenvalue weighted by atomic mass is 9.77. The number of nitrogens with zero attached hydrogens (tertiary/aromatic N) is 4. The van der Waals surface area contributed by atoms with E-state index in [1.54, 1.807) is 72.2 Å². The number of unbranched alkanes of at least 4 members (excludes halogenated alkanes) is 2. The number of ketones is 2. The molecule has 2 atom stereocenters. The van der Waals surface area contributed by atoms with Crippen LogP contribution in [0.4, 0.5) is 5.69 Å². The molecule has 506 valence electrons. The average molecular weight is 1360 g/mol. The molecule has 96 heavy (non-hydrogen) atoms. The van der Waals surface area contributed by atoms with E-state index in [1.165, 1.54) is 22.5 Å². The van der Waals surface area contributed by atoms with Gasteiger partial charge in [-0.3, -0.25) is 38.1 Å². The van der Waals surface area contributed by atoms with Crippen molar-refractivity contribution >= 4 is 121 Å². The Morgan fingerprint density at radius 3 is 1.70 bits per heavy atom. The minimum Gasteiger partial charge on any atom is -0.423 e. The van der Waals surface area contributed by atoms with Gasteiger partial charge in [-0.2, -0.15) is 16.8 Å². The highest BCUT2D eigenvalue weighted by Gasteiger charge is 2.42. The molecule has 8 N–H and O–H groups in total. The second kappa shape index (κ2) is 31.6. The fraction of sp³-hybridized carbons (Fsp3) is 0.338. The molecule has 1 aliphatic heterocycles. The Morgan fingerprint density at radius 2 is 1.15 bits per heavy atom. The number of nitrogens with one attached hydrogen (secondary N) is 2. The summed E-state index contributed by atoms with van der Waals surface area (Å²) in [7, 11) is -8.44. The van der Waals surface area contributed by atoms with E-state index in [1.807, 2.05) is 58.5 Å². The zero-order valence-corrected chi connectivity index (χ0v) is 58.4. The van der Waals surface area contributed by atoms with Crippen molar-refractivity contribution in [3.8, 4) is 0 Å². The predicted molar refractivity (Wildman–Crippen MR) is 384 cm³/mol. The van der Waals surface area contributed by atoms with Crippen molar-refractivity contribution in [1.82, 2.24) is 20.4 Å². The van der Waals surface area contributed by atoms with Gasteiger partial charge in [0.05, 0.1) is 17.5 Å². The van der Waals surface area contributed by atoms with Crippen molar-refractivity contribution < 1.29 is 69.8 Å². The van der Waals surface area contributed by atoms with Gasteiger partial charge in [0.25, 0.3) is 20.2 Å². The number of fused-ring (bicyclic) bond motifs is 4. The standard InChI is InChI=1S/C71H86B2N6O14S2Si/c1-46(2)65(80)27-12-11-13-28-66(81)63(44-94(88,89)90)78(40-49-21-14-18-25-61(49)72(84)85)42-59-53-23-16-17-24-54(53)60(43-79(41-50-22-15-19-26-62(50)73(86)87)64(45-95(91,92)93)71(83)75-36-20-35-74-70(82)47(3)4)58-37-48(29-32-55(58)59)69-56-33-30-51(76(5)6)38-67(56)96(9,10)68-39-52(77(7)8)31-34-57(68)69/h14-19,21-26,29-34,37-39,63-64,84-87H,1,3,11-13,20,27-28,35-36,40-45H2,2,4-10H3,(H3-,74,75,82,83,88,89,90,91,92,93)/p+1. The quantitative estimate of drug-likeness (QED) is 0.00666. The lowest BCUT2D eigenvalue weighted by Gasteiger charge is -2.38. The van der Waals surface area contributed by atoms with Crippen LogP contribution in [0.15, 0.2) is 162 Å². The number of carbonyl (C=O) groups excluding carboxylic acids is 4. The molecule has 2 amide bonds. The van der Waals surface area contributed by atoms with Crippen LogP contribution < -0.4 is 31.6 Å². The van der Waals surface area contributed by atoms with Crippen molar-refractivity contribution in [3.05, 3.63) is 196 Å². The lowest BCUT2D eigenvalue weighted by molar-refractivity contribution is -0.462. The topological polar surface area (TPSA) is 295 Å². The zero-order chi connectivity index (χ0) is 70.1. The summed E-state index contributed by atoms with van der Waals surface area (Å²) in [6.07, 6.45) is 7.91. The third-order valence-electron chi connectivity index (χ3n) is 18.0. The Labute approximate surface area is 564 Å². The second-order valence-electron chi connectivity index (χ2n) is 25.9. The van der Waals surface area contributed by atoms with E-state index in [0.29, 0.717) is 62.2 Å². The summed E-state index contributed by atoms with van der Waals surface area (Å²) in [5, 5.41) is 53.3. The number of hydrogen-bond acceptors (Lipinski definition) is 15. The molecule has 0 saturated heterocycles. The highest BCUT2D eigenvalue weighted by atomic mass is 32.2. The fourth-order valence-electron chi connectivity index (χ4n) is 12.9. The summed E-state index contributed by atoms with van der Waals surface area (Å²) < 4.78 is 77.2. The maximum Gasteiger partial charge on any atom is 0.488 e. The normalized spacial score (nSPS) is 14.2. The van der Waals surface area contributed by atoms with Crippen molar-refractivity contribution in [2.75, 3.05) is 57.7 Å². The zero-order valence-electron chi connectivity index (χ0n) is 55.8. The molecule has 1 aliphatic carbocycles. The first-order valence-electron chi connectivity index (χ1n) is 31.9. The van der Waals surface area contributed by atoms with Gasteiger partial charge in [0.15, 0.2) is 17.3 Å². The van der Waals surface area contributed by atoms with Gasteiger partial charge >= 0.3 is 14.2 Å². The molecule has 2 unspecified atom stereocenters. The van der Waals surface area contributed by atoms with Crippen LogP contribution in [0.1, 0.15) is 85.8 Å². The highest BCUT2D eigenvalue weighted by Crippen LogP contribution is 2.44. The molecular formula is C71H87B2N6O14S2Si+. The van der Waals surface area contributed by atoms with Gasteiger partial charge in [-0.25, -0.2) is 4.58 Å². The van der Waals surface area contributed by atoms with E-state index < -0.39 is 83.7 Å². The molecule has 6 aromatic carbocycles. The van der Waals surface area contributed by atoms with Crippen molar-refractivity contribution in [2.24, 2.45) is 0 Å². The van der Waals surface area contributed by atoms with E-state index in [4.69, 9.17) is 0 Å². The number of rotatable bonds is 32. The first kappa shape index (κ1) is 74.0. The largest absolute Gasteiger partial charge is 0.488 e. The number of anilines is 1. The Bertz CT molecular complexity index is 4390.